The SMILES string of the molecule is COC(=O)C(O)C(S)c1ccccc1CCCCCCCCc1ccccc1. The van der Waals surface area contributed by atoms with Gasteiger partial charge in [0.15, 0.2) is 6.10 Å². The zero-order valence-corrected chi connectivity index (χ0v) is 17.6. The minimum absolute atomic E-state index is 0.568. The predicted octanol–water partition coefficient (Wildman–Crippen LogP) is 5.32. The fourth-order valence-corrected chi connectivity index (χ4v) is 3.84. The van der Waals surface area contributed by atoms with Crippen molar-refractivity contribution in [3.8, 4) is 0 Å². The van der Waals surface area contributed by atoms with E-state index in [-0.39, 0.29) is 0 Å². The van der Waals surface area contributed by atoms with Gasteiger partial charge in [0.2, 0.25) is 0 Å². The number of benzene rings is 2. The first-order valence-electron chi connectivity index (χ1n) is 10.2. The standard InChI is InChI=1S/C24H32O3S/c1-27-24(26)22(25)23(28)21-18-12-11-17-20(21)16-10-5-3-2-4-7-13-19-14-8-6-9-15-19/h6,8-9,11-12,14-15,17-18,22-23,25,28H,2-5,7,10,13,16H2,1H3. The average molecular weight is 401 g/mol. The Hall–Kier alpha value is -1.78. The lowest BCUT2D eigenvalue weighted by Crippen LogP contribution is -2.27. The van der Waals surface area contributed by atoms with Crippen LogP contribution in [0.4, 0.5) is 0 Å². The van der Waals surface area contributed by atoms with Gasteiger partial charge in [0.25, 0.3) is 0 Å². The summed E-state index contributed by atoms with van der Waals surface area (Å²) in [4.78, 5) is 11.6. The van der Waals surface area contributed by atoms with Crippen LogP contribution in [0, 0.1) is 0 Å². The molecule has 0 bridgehead atoms. The second kappa shape index (κ2) is 12.6. The van der Waals surface area contributed by atoms with Gasteiger partial charge in [0.1, 0.15) is 0 Å². The molecular formula is C24H32O3S. The Bertz CT molecular complexity index is 702. The van der Waals surface area contributed by atoms with Crippen LogP contribution in [0.1, 0.15) is 60.5 Å². The van der Waals surface area contributed by atoms with E-state index in [4.69, 9.17) is 0 Å². The van der Waals surface area contributed by atoms with Crippen molar-refractivity contribution in [2.75, 3.05) is 7.11 Å². The number of unbranched alkanes of at least 4 members (excludes halogenated alkanes) is 5. The van der Waals surface area contributed by atoms with E-state index in [1.165, 1.54) is 51.2 Å². The molecule has 0 saturated heterocycles. The monoisotopic (exact) mass is 400 g/mol. The number of methoxy groups -OCH3 is 1. The first-order chi connectivity index (χ1) is 13.6. The van der Waals surface area contributed by atoms with Crippen molar-refractivity contribution >= 4 is 18.6 Å². The van der Waals surface area contributed by atoms with Crippen molar-refractivity contribution < 1.29 is 14.6 Å². The van der Waals surface area contributed by atoms with Crippen LogP contribution in [0.25, 0.3) is 0 Å². The Morgan fingerprint density at radius 1 is 0.893 bits per heavy atom. The maximum atomic E-state index is 11.6. The van der Waals surface area contributed by atoms with Crippen LogP contribution < -0.4 is 0 Å². The van der Waals surface area contributed by atoms with Gasteiger partial charge in [-0.1, -0.05) is 80.3 Å². The first-order valence-corrected chi connectivity index (χ1v) is 10.7. The number of rotatable bonds is 12. The van der Waals surface area contributed by atoms with Crippen LogP contribution >= 0.6 is 12.6 Å². The molecule has 2 aromatic carbocycles. The minimum Gasteiger partial charge on any atom is -0.467 e. The molecule has 0 amide bonds. The van der Waals surface area contributed by atoms with Gasteiger partial charge < -0.3 is 9.84 Å². The maximum absolute atomic E-state index is 11.6. The molecule has 0 aliphatic heterocycles. The zero-order valence-electron chi connectivity index (χ0n) is 16.7. The third-order valence-corrected chi connectivity index (χ3v) is 5.68. The van der Waals surface area contributed by atoms with E-state index in [2.05, 4.69) is 53.8 Å². The second-order valence-electron chi connectivity index (χ2n) is 7.22. The molecule has 0 spiro atoms. The Morgan fingerprint density at radius 2 is 1.46 bits per heavy atom. The van der Waals surface area contributed by atoms with Crippen LogP contribution in [-0.4, -0.2) is 24.3 Å². The van der Waals surface area contributed by atoms with Crippen LogP contribution in [0.2, 0.25) is 0 Å². The lowest BCUT2D eigenvalue weighted by molar-refractivity contribution is -0.150. The number of aliphatic hydroxyl groups is 1. The molecule has 28 heavy (non-hydrogen) atoms. The van der Waals surface area contributed by atoms with Crippen molar-refractivity contribution in [2.24, 2.45) is 0 Å². The highest BCUT2D eigenvalue weighted by Crippen LogP contribution is 2.28. The fourth-order valence-electron chi connectivity index (χ4n) is 3.47. The van der Waals surface area contributed by atoms with Gasteiger partial charge in [-0.05, 0) is 42.4 Å². The summed E-state index contributed by atoms with van der Waals surface area (Å²) in [5.41, 5.74) is 3.48. The van der Waals surface area contributed by atoms with E-state index >= 15 is 0 Å². The highest BCUT2D eigenvalue weighted by molar-refractivity contribution is 7.80. The highest BCUT2D eigenvalue weighted by Gasteiger charge is 2.26. The topological polar surface area (TPSA) is 46.5 Å². The summed E-state index contributed by atoms with van der Waals surface area (Å²) in [6.07, 6.45) is 8.18. The normalized spacial score (nSPS) is 13.1. The Balaban J connectivity index is 1.68. The molecule has 2 aromatic rings. The molecule has 2 atom stereocenters. The number of hydrogen-bond donors (Lipinski definition) is 2. The molecule has 0 aromatic heterocycles. The van der Waals surface area contributed by atoms with Crippen LogP contribution in [0.15, 0.2) is 54.6 Å². The first kappa shape index (κ1) is 22.5. The Labute approximate surface area is 174 Å². The number of aryl methyl sites for hydroxylation is 2. The molecule has 0 saturated carbocycles. The number of esters is 1. The summed E-state index contributed by atoms with van der Waals surface area (Å²) in [7, 11) is 1.28. The third kappa shape index (κ3) is 7.33. The summed E-state index contributed by atoms with van der Waals surface area (Å²) in [6.45, 7) is 0. The van der Waals surface area contributed by atoms with Crippen molar-refractivity contribution in [1.29, 1.82) is 0 Å². The van der Waals surface area contributed by atoms with Crippen LogP contribution in [0.5, 0.6) is 0 Å². The number of carbonyl (C=O) groups is 1. The van der Waals surface area contributed by atoms with Gasteiger partial charge in [-0.15, -0.1) is 0 Å². The molecule has 3 nitrogen and oxygen atoms in total. The lowest BCUT2D eigenvalue weighted by Gasteiger charge is -2.19. The lowest BCUT2D eigenvalue weighted by atomic mass is 9.96. The number of carbonyl (C=O) groups excluding carboxylic acids is 1. The van der Waals surface area contributed by atoms with E-state index in [0.717, 1.165) is 24.0 Å². The molecule has 0 heterocycles. The van der Waals surface area contributed by atoms with Gasteiger partial charge in [-0.25, -0.2) is 4.79 Å². The van der Waals surface area contributed by atoms with Crippen LogP contribution in [-0.2, 0) is 22.4 Å². The Morgan fingerprint density at radius 3 is 2.14 bits per heavy atom. The Kier molecular flexibility index (Phi) is 10.2. The van der Waals surface area contributed by atoms with Crippen LogP contribution in [0.3, 0.4) is 0 Å². The van der Waals surface area contributed by atoms with Crippen molar-refractivity contribution in [1.82, 2.24) is 0 Å². The highest BCUT2D eigenvalue weighted by atomic mass is 32.1. The fraction of sp³-hybridized carbons (Fsp3) is 0.458. The van der Waals surface area contributed by atoms with E-state index < -0.39 is 17.3 Å². The molecule has 4 heteroatoms. The van der Waals surface area contributed by atoms with Crippen molar-refractivity contribution in [3.05, 3.63) is 71.3 Å². The summed E-state index contributed by atoms with van der Waals surface area (Å²) in [5.74, 6) is -0.648. The second-order valence-corrected chi connectivity index (χ2v) is 7.77. The summed E-state index contributed by atoms with van der Waals surface area (Å²) < 4.78 is 4.63. The summed E-state index contributed by atoms with van der Waals surface area (Å²) >= 11 is 4.46. The van der Waals surface area contributed by atoms with E-state index in [0.29, 0.717) is 0 Å². The number of hydrogen-bond acceptors (Lipinski definition) is 4. The summed E-state index contributed by atoms with van der Waals surface area (Å²) in [6, 6.07) is 18.6. The summed E-state index contributed by atoms with van der Waals surface area (Å²) in [5, 5.41) is 9.52. The predicted molar refractivity (Wildman–Crippen MR) is 118 cm³/mol. The molecule has 0 aliphatic rings. The van der Waals surface area contributed by atoms with E-state index in [1.54, 1.807) is 0 Å². The van der Waals surface area contributed by atoms with Gasteiger partial charge in [0.05, 0.1) is 12.4 Å². The molecular weight excluding hydrogens is 368 g/mol. The molecule has 1 N–H and O–H groups in total. The third-order valence-electron chi connectivity index (χ3n) is 5.12. The molecule has 2 unspecified atom stereocenters. The van der Waals surface area contributed by atoms with Gasteiger partial charge in [0, 0.05) is 0 Å². The largest absolute Gasteiger partial charge is 0.467 e. The van der Waals surface area contributed by atoms with Gasteiger partial charge in [-0.3, -0.25) is 0 Å². The smallest absolute Gasteiger partial charge is 0.336 e. The molecule has 0 fully saturated rings. The maximum Gasteiger partial charge on any atom is 0.336 e. The molecule has 0 radical (unpaired) electrons. The van der Waals surface area contributed by atoms with E-state index in [9.17, 15) is 9.90 Å². The van der Waals surface area contributed by atoms with Crippen molar-refractivity contribution in [3.63, 3.8) is 0 Å². The zero-order chi connectivity index (χ0) is 20.2. The average Bonchev–Trinajstić information content (AvgIpc) is 2.75. The van der Waals surface area contributed by atoms with Gasteiger partial charge >= 0.3 is 5.97 Å². The quantitative estimate of drug-likeness (QED) is 0.288. The number of ether oxygens (including phenoxy) is 1. The minimum atomic E-state index is -1.25. The molecule has 0 aliphatic carbocycles. The number of thiol groups is 1. The molecule has 152 valence electrons. The number of aliphatic hydroxyl groups excluding tert-OH is 1. The molecule has 2 rings (SSSR count). The van der Waals surface area contributed by atoms with Gasteiger partial charge in [-0.2, -0.15) is 12.6 Å². The van der Waals surface area contributed by atoms with Crippen molar-refractivity contribution in [2.45, 2.75) is 62.7 Å². The van der Waals surface area contributed by atoms with E-state index in [1.807, 2.05) is 18.2 Å².